The molecule has 0 aliphatic carbocycles. The molecule has 4 heteroatoms. The molecule has 13 rings (SSSR count). The van der Waals surface area contributed by atoms with Crippen molar-refractivity contribution >= 4 is 92.5 Å². The molecule has 0 unspecified atom stereocenters. The maximum absolute atomic E-state index is 5.45. The lowest BCUT2D eigenvalue weighted by Crippen LogP contribution is -2.06. The summed E-state index contributed by atoms with van der Waals surface area (Å²) in [5, 5.41) is 13.3. The van der Waals surface area contributed by atoms with Crippen molar-refractivity contribution in [2.75, 3.05) is 0 Å². The number of benzene rings is 10. The zero-order valence-corrected chi connectivity index (χ0v) is 31.3. The minimum Gasteiger partial charge on any atom is -0.279 e. The third-order valence-corrected chi connectivity index (χ3v) is 12.2. The minimum atomic E-state index is 0.820. The van der Waals surface area contributed by atoms with Gasteiger partial charge in [0.2, 0.25) is 5.95 Å². The first-order valence-electron chi connectivity index (χ1n) is 19.8. The Balaban J connectivity index is 1.15. The maximum Gasteiger partial charge on any atom is 0.221 e. The molecule has 0 saturated heterocycles. The van der Waals surface area contributed by atoms with Crippen LogP contribution in [0.2, 0.25) is 0 Å². The van der Waals surface area contributed by atoms with Gasteiger partial charge in [-0.25, -0.2) is 9.97 Å². The average Bonchev–Trinajstić information content (AvgIpc) is 3.84. The second-order valence-electron chi connectivity index (χ2n) is 15.3. The highest BCUT2D eigenvalue weighted by Crippen LogP contribution is 2.46. The van der Waals surface area contributed by atoms with Crippen LogP contribution in [0.1, 0.15) is 0 Å². The van der Waals surface area contributed by atoms with Crippen LogP contribution in [0.4, 0.5) is 0 Å². The van der Waals surface area contributed by atoms with E-state index in [4.69, 9.17) is 9.97 Å². The van der Waals surface area contributed by atoms with Crippen LogP contribution in [0, 0.1) is 0 Å². The van der Waals surface area contributed by atoms with Crippen molar-refractivity contribution in [3.63, 3.8) is 0 Å². The lowest BCUT2D eigenvalue weighted by Gasteiger charge is -2.18. The van der Waals surface area contributed by atoms with Gasteiger partial charge in [0, 0.05) is 16.2 Å². The van der Waals surface area contributed by atoms with Gasteiger partial charge in [-0.05, 0) is 114 Å². The van der Waals surface area contributed by atoms with Crippen molar-refractivity contribution in [2.24, 2.45) is 0 Å². The minimum absolute atomic E-state index is 0.820. The van der Waals surface area contributed by atoms with E-state index in [9.17, 15) is 0 Å². The second-order valence-corrected chi connectivity index (χ2v) is 15.3. The van der Waals surface area contributed by atoms with Gasteiger partial charge in [0.15, 0.2) is 0 Å². The molecule has 0 fully saturated rings. The number of imidazole rings is 1. The van der Waals surface area contributed by atoms with Crippen LogP contribution in [0.5, 0.6) is 0 Å². The first kappa shape index (κ1) is 31.4. The Hall–Kier alpha value is -7.82. The lowest BCUT2D eigenvalue weighted by atomic mass is 9.85. The van der Waals surface area contributed by atoms with Crippen molar-refractivity contribution in [1.82, 2.24) is 18.9 Å². The lowest BCUT2D eigenvalue weighted by molar-refractivity contribution is 0.980. The molecule has 0 bridgehead atoms. The van der Waals surface area contributed by atoms with E-state index in [-0.39, 0.29) is 0 Å². The molecular formula is C54H32N4. The van der Waals surface area contributed by atoms with E-state index in [0.717, 1.165) is 44.6 Å². The fourth-order valence-electron chi connectivity index (χ4n) is 9.73. The summed E-state index contributed by atoms with van der Waals surface area (Å²) in [6.45, 7) is 0. The van der Waals surface area contributed by atoms with Gasteiger partial charge in [-0.15, -0.1) is 0 Å². The molecule has 0 aliphatic rings. The summed E-state index contributed by atoms with van der Waals surface area (Å²) in [6.07, 6.45) is 0. The largest absolute Gasteiger partial charge is 0.279 e. The van der Waals surface area contributed by atoms with Crippen LogP contribution in [0.25, 0.3) is 121 Å². The molecule has 13 aromatic rings. The fraction of sp³-hybridized carbons (Fsp3) is 0. The first-order valence-corrected chi connectivity index (χ1v) is 19.8. The number of hydrogen-bond donors (Lipinski definition) is 0. The fourth-order valence-corrected chi connectivity index (χ4v) is 9.73. The maximum atomic E-state index is 5.45. The van der Waals surface area contributed by atoms with Crippen LogP contribution in [-0.2, 0) is 0 Å². The van der Waals surface area contributed by atoms with Crippen molar-refractivity contribution in [1.29, 1.82) is 0 Å². The van der Waals surface area contributed by atoms with Gasteiger partial charge in [-0.2, -0.15) is 0 Å². The highest BCUT2D eigenvalue weighted by Gasteiger charge is 2.23. The highest BCUT2D eigenvalue weighted by molar-refractivity contribution is 6.25. The van der Waals surface area contributed by atoms with E-state index in [1.54, 1.807) is 0 Å². The van der Waals surface area contributed by atoms with Crippen LogP contribution >= 0.6 is 0 Å². The predicted octanol–water partition coefficient (Wildman–Crippen LogP) is 14.1. The number of rotatable bonds is 3. The van der Waals surface area contributed by atoms with E-state index in [1.807, 2.05) is 0 Å². The van der Waals surface area contributed by atoms with Crippen LogP contribution in [0.3, 0.4) is 0 Å². The van der Waals surface area contributed by atoms with E-state index in [0.29, 0.717) is 0 Å². The summed E-state index contributed by atoms with van der Waals surface area (Å²) >= 11 is 0. The zero-order valence-electron chi connectivity index (χ0n) is 31.3. The summed E-state index contributed by atoms with van der Waals surface area (Å²) in [6, 6.07) is 70.4. The molecule has 0 radical (unpaired) electrons. The molecule has 0 amide bonds. The SMILES string of the molecule is c1ccc2cc(-c3c4ccccc4c(-c4ccc5c(c4)c4c6ccccc6ccc4n5-c4nc5ccccc5c5nc6ccccc6n45)c4ccccc34)ccc2c1. The van der Waals surface area contributed by atoms with Crippen molar-refractivity contribution in [3.05, 3.63) is 194 Å². The van der Waals surface area contributed by atoms with E-state index >= 15 is 0 Å². The summed E-state index contributed by atoms with van der Waals surface area (Å²) in [4.78, 5) is 10.6. The van der Waals surface area contributed by atoms with Gasteiger partial charge >= 0.3 is 0 Å². The Labute approximate surface area is 332 Å². The molecule has 58 heavy (non-hydrogen) atoms. The smallest absolute Gasteiger partial charge is 0.221 e. The third-order valence-electron chi connectivity index (χ3n) is 12.2. The average molecular weight is 737 g/mol. The predicted molar refractivity (Wildman–Crippen MR) is 243 cm³/mol. The molecule has 0 atom stereocenters. The number of para-hydroxylation sites is 3. The van der Waals surface area contributed by atoms with Crippen LogP contribution < -0.4 is 0 Å². The molecule has 268 valence electrons. The Morgan fingerprint density at radius 2 is 0.862 bits per heavy atom. The van der Waals surface area contributed by atoms with Gasteiger partial charge < -0.3 is 0 Å². The van der Waals surface area contributed by atoms with Crippen molar-refractivity contribution in [3.8, 4) is 28.2 Å². The normalized spacial score (nSPS) is 12.1. The van der Waals surface area contributed by atoms with E-state index < -0.39 is 0 Å². The Morgan fingerprint density at radius 3 is 1.60 bits per heavy atom. The van der Waals surface area contributed by atoms with Gasteiger partial charge in [0.05, 0.1) is 27.6 Å². The van der Waals surface area contributed by atoms with Crippen LogP contribution in [-0.4, -0.2) is 18.9 Å². The molecule has 4 nitrogen and oxygen atoms in total. The first-order chi connectivity index (χ1) is 28.8. The van der Waals surface area contributed by atoms with Gasteiger partial charge in [0.25, 0.3) is 0 Å². The summed E-state index contributed by atoms with van der Waals surface area (Å²) < 4.78 is 4.60. The Morgan fingerprint density at radius 1 is 0.328 bits per heavy atom. The Bertz CT molecular complexity index is 3810. The van der Waals surface area contributed by atoms with Crippen molar-refractivity contribution < 1.29 is 0 Å². The molecule has 3 aromatic heterocycles. The van der Waals surface area contributed by atoms with Gasteiger partial charge in [0.1, 0.15) is 5.65 Å². The summed E-state index contributed by atoms with van der Waals surface area (Å²) in [5.41, 5.74) is 10.9. The molecule has 0 N–H and O–H groups in total. The molecule has 10 aromatic carbocycles. The zero-order chi connectivity index (χ0) is 37.9. The third kappa shape index (κ3) is 4.34. The van der Waals surface area contributed by atoms with Gasteiger partial charge in [-0.3, -0.25) is 8.97 Å². The summed E-state index contributed by atoms with van der Waals surface area (Å²) in [5.74, 6) is 0.820. The number of nitrogens with zero attached hydrogens (tertiary/aromatic N) is 4. The second kappa shape index (κ2) is 11.8. The monoisotopic (exact) mass is 736 g/mol. The summed E-state index contributed by atoms with van der Waals surface area (Å²) in [7, 11) is 0. The molecule has 3 heterocycles. The standard InChI is InChI=1S/C54H32N4/c1-2-15-35-31-36(26-25-33(35)13-1)50-39-17-5-7-19-41(39)51(42-20-8-6-18-40(42)50)37-28-29-47-44(32-37)52-38-16-4-3-14-34(38)27-30-49(52)57(47)54-56-45-22-10-9-21-43(45)53-55-46-23-11-12-24-48(46)58(53)54/h1-32H. The topological polar surface area (TPSA) is 35.1 Å². The number of hydrogen-bond acceptors (Lipinski definition) is 2. The molecular weight excluding hydrogens is 705 g/mol. The van der Waals surface area contributed by atoms with Gasteiger partial charge in [-0.1, -0.05) is 146 Å². The molecule has 0 saturated carbocycles. The van der Waals surface area contributed by atoms with Crippen molar-refractivity contribution in [2.45, 2.75) is 0 Å². The van der Waals surface area contributed by atoms with E-state index in [1.165, 1.54) is 76.1 Å². The highest BCUT2D eigenvalue weighted by atomic mass is 15.2. The number of aromatic nitrogens is 4. The molecule has 0 aliphatic heterocycles. The van der Waals surface area contributed by atoms with E-state index in [2.05, 4.69) is 203 Å². The number of fused-ring (bicyclic) bond motifs is 13. The van der Waals surface area contributed by atoms with Crippen LogP contribution in [0.15, 0.2) is 194 Å². The quantitative estimate of drug-likeness (QED) is 0.169. The Kier molecular flexibility index (Phi) is 6.41. The molecule has 0 spiro atoms.